The Balaban J connectivity index is 1.68. The lowest BCUT2D eigenvalue weighted by atomic mass is 9.95. The molecule has 3 aromatic rings. The fourth-order valence-electron chi connectivity index (χ4n) is 4.15. The van der Waals surface area contributed by atoms with E-state index in [4.69, 9.17) is 14.2 Å². The third kappa shape index (κ3) is 3.45. The van der Waals surface area contributed by atoms with Crippen LogP contribution in [-0.2, 0) is 14.3 Å². The first-order valence-corrected chi connectivity index (χ1v) is 10.4. The maximum absolute atomic E-state index is 13.2. The van der Waals surface area contributed by atoms with Gasteiger partial charge in [0.2, 0.25) is 6.79 Å². The van der Waals surface area contributed by atoms with Gasteiger partial charge in [-0.15, -0.1) is 0 Å². The summed E-state index contributed by atoms with van der Waals surface area (Å²) in [5, 5.41) is 11.2. The molecule has 1 atom stereocenters. The van der Waals surface area contributed by atoms with Crippen LogP contribution in [-0.4, -0.2) is 36.7 Å². The number of carbonyl (C=O) groups excluding carboxylic acids is 3. The van der Waals surface area contributed by atoms with E-state index in [2.05, 4.69) is 0 Å². The zero-order chi connectivity index (χ0) is 23.8. The maximum Gasteiger partial charge on any atom is 0.337 e. The van der Waals surface area contributed by atoms with Crippen LogP contribution in [0.3, 0.4) is 0 Å². The highest BCUT2D eigenvalue weighted by molar-refractivity contribution is 6.51. The topological polar surface area (TPSA) is 102 Å². The van der Waals surface area contributed by atoms with Crippen molar-refractivity contribution in [1.82, 2.24) is 0 Å². The second-order valence-corrected chi connectivity index (χ2v) is 7.69. The predicted octanol–water partition coefficient (Wildman–Crippen LogP) is 3.83. The Morgan fingerprint density at radius 3 is 2.47 bits per heavy atom. The van der Waals surface area contributed by atoms with E-state index in [1.807, 2.05) is 6.07 Å². The highest BCUT2D eigenvalue weighted by Crippen LogP contribution is 2.43. The first-order chi connectivity index (χ1) is 16.5. The Hall–Kier alpha value is -4.59. The Labute approximate surface area is 194 Å². The lowest BCUT2D eigenvalue weighted by molar-refractivity contribution is -0.132. The molecule has 34 heavy (non-hydrogen) atoms. The largest absolute Gasteiger partial charge is 0.507 e. The van der Waals surface area contributed by atoms with Crippen LogP contribution in [0.2, 0.25) is 0 Å². The van der Waals surface area contributed by atoms with Crippen LogP contribution in [0.15, 0.2) is 78.4 Å². The van der Waals surface area contributed by atoms with Crippen molar-refractivity contribution in [2.45, 2.75) is 6.04 Å². The molecule has 8 nitrogen and oxygen atoms in total. The highest BCUT2D eigenvalue weighted by atomic mass is 16.7. The second-order valence-electron chi connectivity index (χ2n) is 7.69. The summed E-state index contributed by atoms with van der Waals surface area (Å²) in [6.07, 6.45) is 0. The van der Waals surface area contributed by atoms with Crippen molar-refractivity contribution < 1.29 is 33.7 Å². The van der Waals surface area contributed by atoms with E-state index in [1.54, 1.807) is 60.7 Å². The number of fused-ring (bicyclic) bond motifs is 1. The number of aliphatic hydroxyl groups excluding tert-OH is 1. The molecule has 0 aliphatic carbocycles. The van der Waals surface area contributed by atoms with Gasteiger partial charge >= 0.3 is 5.97 Å². The number of methoxy groups -OCH3 is 1. The first-order valence-electron chi connectivity index (χ1n) is 10.4. The number of carbonyl (C=O) groups is 3. The number of Topliss-reactive ketones (excluding diaryl/α,β-unsaturated/α-hetero) is 1. The van der Waals surface area contributed by atoms with Crippen LogP contribution in [0, 0.1) is 0 Å². The van der Waals surface area contributed by atoms with Gasteiger partial charge in [0.15, 0.2) is 11.5 Å². The van der Waals surface area contributed by atoms with Crippen molar-refractivity contribution in [1.29, 1.82) is 0 Å². The molecule has 5 rings (SSSR count). The van der Waals surface area contributed by atoms with Gasteiger partial charge in [0.25, 0.3) is 11.7 Å². The zero-order valence-electron chi connectivity index (χ0n) is 18.1. The number of rotatable bonds is 4. The summed E-state index contributed by atoms with van der Waals surface area (Å²) >= 11 is 0. The van der Waals surface area contributed by atoms with Gasteiger partial charge in [-0.2, -0.15) is 0 Å². The molecule has 1 fully saturated rings. The minimum Gasteiger partial charge on any atom is -0.507 e. The van der Waals surface area contributed by atoms with Crippen LogP contribution in [0.25, 0.3) is 5.76 Å². The zero-order valence-corrected chi connectivity index (χ0v) is 18.1. The summed E-state index contributed by atoms with van der Waals surface area (Å²) in [5.74, 6) is -1.62. The third-order valence-corrected chi connectivity index (χ3v) is 5.75. The predicted molar refractivity (Wildman–Crippen MR) is 122 cm³/mol. The van der Waals surface area contributed by atoms with Gasteiger partial charge < -0.3 is 19.3 Å². The highest BCUT2D eigenvalue weighted by Gasteiger charge is 2.47. The Kier molecular flexibility index (Phi) is 5.25. The summed E-state index contributed by atoms with van der Waals surface area (Å²) in [6, 6.07) is 19.0. The van der Waals surface area contributed by atoms with Gasteiger partial charge in [-0.1, -0.05) is 36.4 Å². The van der Waals surface area contributed by atoms with Crippen molar-refractivity contribution in [3.63, 3.8) is 0 Å². The van der Waals surface area contributed by atoms with Crippen molar-refractivity contribution in [3.8, 4) is 11.5 Å². The average Bonchev–Trinajstić information content (AvgIpc) is 3.45. The van der Waals surface area contributed by atoms with E-state index in [9.17, 15) is 19.5 Å². The molecule has 2 aliphatic rings. The van der Waals surface area contributed by atoms with Gasteiger partial charge in [0.1, 0.15) is 5.76 Å². The molecule has 8 heteroatoms. The Morgan fingerprint density at radius 1 is 0.941 bits per heavy atom. The molecule has 0 aromatic heterocycles. The third-order valence-electron chi connectivity index (χ3n) is 5.75. The summed E-state index contributed by atoms with van der Waals surface area (Å²) in [7, 11) is 1.26. The van der Waals surface area contributed by atoms with Crippen molar-refractivity contribution in [2.75, 3.05) is 18.8 Å². The van der Waals surface area contributed by atoms with E-state index in [-0.39, 0.29) is 23.7 Å². The minimum absolute atomic E-state index is 0.0600. The molecule has 0 radical (unpaired) electrons. The van der Waals surface area contributed by atoms with Gasteiger partial charge in [-0.25, -0.2) is 4.79 Å². The molecule has 1 unspecified atom stereocenters. The number of benzene rings is 3. The molecule has 3 aromatic carbocycles. The fourth-order valence-corrected chi connectivity index (χ4v) is 4.15. The number of hydrogen-bond acceptors (Lipinski definition) is 7. The Morgan fingerprint density at radius 2 is 1.71 bits per heavy atom. The van der Waals surface area contributed by atoms with Crippen LogP contribution in [0.4, 0.5) is 5.69 Å². The molecule has 1 saturated heterocycles. The number of ketones is 1. The van der Waals surface area contributed by atoms with Crippen LogP contribution < -0.4 is 14.4 Å². The van der Waals surface area contributed by atoms with Crippen molar-refractivity contribution >= 4 is 29.1 Å². The molecule has 0 bridgehead atoms. The summed E-state index contributed by atoms with van der Waals surface area (Å²) in [6.45, 7) is 0.0600. The lowest BCUT2D eigenvalue weighted by Gasteiger charge is -2.25. The molecule has 2 aliphatic heterocycles. The average molecular weight is 457 g/mol. The molecule has 0 saturated carbocycles. The van der Waals surface area contributed by atoms with Gasteiger partial charge in [0.05, 0.1) is 24.3 Å². The molecule has 0 spiro atoms. The summed E-state index contributed by atoms with van der Waals surface area (Å²) in [4.78, 5) is 39.8. The van der Waals surface area contributed by atoms with Crippen LogP contribution >= 0.6 is 0 Å². The van der Waals surface area contributed by atoms with Gasteiger partial charge in [0, 0.05) is 11.3 Å². The van der Waals surface area contributed by atoms with Gasteiger partial charge in [-0.3, -0.25) is 14.5 Å². The molecule has 170 valence electrons. The number of hydrogen-bond donors (Lipinski definition) is 1. The molecule has 1 amide bonds. The number of ether oxygens (including phenoxy) is 3. The van der Waals surface area contributed by atoms with E-state index in [1.165, 1.54) is 18.1 Å². The summed E-state index contributed by atoms with van der Waals surface area (Å²) in [5.41, 5.74) is 1.41. The first kappa shape index (κ1) is 21.3. The molecule has 2 heterocycles. The van der Waals surface area contributed by atoms with Crippen LogP contribution in [0.5, 0.6) is 11.5 Å². The van der Waals surface area contributed by atoms with Crippen molar-refractivity contribution in [2.24, 2.45) is 0 Å². The Bertz CT molecular complexity index is 1350. The number of nitrogens with zero attached hydrogens (tertiary/aromatic N) is 1. The standard InChI is InChI=1S/C26H19NO7/c1-32-26(31)17-8-5-9-18(12-17)27-22(15-6-3-2-4-7-15)21(24(29)25(27)30)23(28)16-10-11-19-20(13-16)34-14-33-19/h2-13,22,28H,14H2,1H3/b23-21-. The fraction of sp³-hybridized carbons (Fsp3) is 0.115. The SMILES string of the molecule is COC(=O)c1cccc(N2C(=O)C(=O)/C(=C(\O)c3ccc4c(c3)OCO4)C2c2ccccc2)c1. The molecule has 1 N–H and O–H groups in total. The van der Waals surface area contributed by atoms with E-state index < -0.39 is 23.7 Å². The quantitative estimate of drug-likeness (QED) is 0.275. The number of esters is 1. The van der Waals surface area contributed by atoms with E-state index in [0.717, 1.165) is 0 Å². The smallest absolute Gasteiger partial charge is 0.337 e. The van der Waals surface area contributed by atoms with E-state index >= 15 is 0 Å². The number of amides is 1. The number of aliphatic hydroxyl groups is 1. The minimum atomic E-state index is -0.917. The molecular weight excluding hydrogens is 438 g/mol. The molecular formula is C26H19NO7. The second kappa shape index (κ2) is 8.40. The summed E-state index contributed by atoms with van der Waals surface area (Å²) < 4.78 is 15.5. The maximum atomic E-state index is 13.2. The van der Waals surface area contributed by atoms with Gasteiger partial charge in [-0.05, 0) is 42.0 Å². The lowest BCUT2D eigenvalue weighted by Crippen LogP contribution is -2.29. The van der Waals surface area contributed by atoms with Crippen LogP contribution in [0.1, 0.15) is 27.5 Å². The number of anilines is 1. The normalized spacial score (nSPS) is 18.3. The van der Waals surface area contributed by atoms with E-state index in [0.29, 0.717) is 28.3 Å². The van der Waals surface area contributed by atoms with Crippen molar-refractivity contribution in [3.05, 3.63) is 95.1 Å². The monoisotopic (exact) mass is 457 g/mol.